The van der Waals surface area contributed by atoms with Crippen LogP contribution < -0.4 is 9.47 Å². The first-order valence-electron chi connectivity index (χ1n) is 16.1. The maximum Gasteiger partial charge on any atom is 0.312 e. The molecule has 256 valence electrons. The summed E-state index contributed by atoms with van der Waals surface area (Å²) in [6.07, 6.45) is 4.10. The molecule has 9 nitrogen and oxygen atoms in total. The van der Waals surface area contributed by atoms with Crippen LogP contribution in [0.4, 0.5) is 0 Å². The van der Waals surface area contributed by atoms with Crippen molar-refractivity contribution in [2.75, 3.05) is 20.3 Å². The van der Waals surface area contributed by atoms with Gasteiger partial charge in [0.1, 0.15) is 27.4 Å². The van der Waals surface area contributed by atoms with Gasteiger partial charge in [-0.05, 0) is 62.1 Å². The molecule has 0 saturated heterocycles. The fourth-order valence-corrected chi connectivity index (χ4v) is 9.38. The molecule has 1 aliphatic heterocycles. The summed E-state index contributed by atoms with van der Waals surface area (Å²) in [6, 6.07) is 10.2. The molecular formula is C35H48N2O7S2Si. The first kappa shape index (κ1) is 36.8. The van der Waals surface area contributed by atoms with E-state index in [1.165, 1.54) is 42.1 Å². The van der Waals surface area contributed by atoms with Crippen molar-refractivity contribution >= 4 is 41.2 Å². The molecule has 1 aliphatic rings. The number of pyridine rings is 1. The molecule has 0 fully saturated rings. The quantitative estimate of drug-likeness (QED) is 0.103. The molecule has 1 aromatic carbocycles. The zero-order chi connectivity index (χ0) is 34.7. The van der Waals surface area contributed by atoms with Crippen molar-refractivity contribution in [1.29, 1.82) is 0 Å². The highest BCUT2D eigenvalue weighted by Gasteiger charge is 2.42. The Kier molecular flexibility index (Phi) is 11.4. The van der Waals surface area contributed by atoms with E-state index in [4.69, 9.17) is 14.2 Å². The van der Waals surface area contributed by atoms with E-state index in [2.05, 4.69) is 24.6 Å². The Morgan fingerprint density at radius 2 is 1.91 bits per heavy atom. The number of carbonyl (C=O) groups is 2. The number of Topliss-reactive ketones (excluding diaryl/α,β-unsaturated/α-hetero) is 1. The van der Waals surface area contributed by atoms with Crippen LogP contribution in [0.5, 0.6) is 11.5 Å². The van der Waals surface area contributed by atoms with E-state index in [9.17, 15) is 18.0 Å². The average molecular weight is 701 g/mol. The molecule has 0 spiro atoms. The van der Waals surface area contributed by atoms with E-state index in [1.54, 1.807) is 6.07 Å². The molecule has 0 saturated carbocycles. The molecule has 0 amide bonds. The maximum atomic E-state index is 14.0. The number of aromatic nitrogens is 1. The molecule has 0 bridgehead atoms. The van der Waals surface area contributed by atoms with Crippen LogP contribution in [0.25, 0.3) is 0 Å². The number of sulfonamides is 1. The van der Waals surface area contributed by atoms with Crippen molar-refractivity contribution in [3.05, 3.63) is 69.2 Å². The number of fused-ring (bicyclic) bond motifs is 1. The lowest BCUT2D eigenvalue weighted by atomic mass is 9.73. The van der Waals surface area contributed by atoms with Gasteiger partial charge in [-0.25, -0.2) is 8.42 Å². The van der Waals surface area contributed by atoms with Gasteiger partial charge in [0.15, 0.2) is 5.78 Å². The third kappa shape index (κ3) is 8.33. The highest BCUT2D eigenvalue weighted by molar-refractivity contribution is 7.89. The number of esters is 1. The lowest BCUT2D eigenvalue weighted by Gasteiger charge is -2.33. The van der Waals surface area contributed by atoms with Crippen molar-refractivity contribution < 1.29 is 32.2 Å². The van der Waals surface area contributed by atoms with Crippen LogP contribution in [0.2, 0.25) is 25.7 Å². The number of rotatable bonds is 13. The number of ketones is 1. The van der Waals surface area contributed by atoms with E-state index in [1.807, 2.05) is 52.0 Å². The smallest absolute Gasteiger partial charge is 0.312 e. The summed E-state index contributed by atoms with van der Waals surface area (Å²) in [5, 5.41) is 0. The number of thiophene rings is 1. The molecule has 47 heavy (non-hydrogen) atoms. The first-order valence-corrected chi connectivity index (χ1v) is 22.0. The molecular weight excluding hydrogens is 653 g/mol. The predicted molar refractivity (Wildman–Crippen MR) is 188 cm³/mol. The zero-order valence-corrected chi connectivity index (χ0v) is 31.6. The normalized spacial score (nSPS) is 17.3. The van der Waals surface area contributed by atoms with Gasteiger partial charge in [-0.1, -0.05) is 51.2 Å². The minimum atomic E-state index is -3.93. The zero-order valence-electron chi connectivity index (χ0n) is 29.0. The summed E-state index contributed by atoms with van der Waals surface area (Å²) in [7, 11) is -3.84. The number of benzene rings is 1. The Balaban J connectivity index is 1.80. The largest absolute Gasteiger partial charge is 0.495 e. The minimum absolute atomic E-state index is 0.0509. The Labute approximate surface area is 284 Å². The number of hydrogen-bond donors (Lipinski definition) is 0. The Bertz CT molecular complexity index is 1710. The molecule has 12 heteroatoms. The number of hydrogen-bond acceptors (Lipinski definition) is 9. The summed E-state index contributed by atoms with van der Waals surface area (Å²) >= 11 is 1.31. The maximum absolute atomic E-state index is 14.0. The number of aryl methyl sites for hydroxylation is 1. The van der Waals surface area contributed by atoms with Crippen molar-refractivity contribution in [1.82, 2.24) is 9.29 Å². The molecule has 2 atom stereocenters. The second-order valence-corrected chi connectivity index (χ2v) is 22.6. The van der Waals surface area contributed by atoms with Crippen LogP contribution in [0.1, 0.15) is 77.7 Å². The standard InChI is InChI=1S/C35H48N2O7S2Si/c1-10-11-27-22-37(46(40,41)31-20-36-15-14-28(31)44-27)21-26-18-25(13-12-23(26)2)32(30-19-29(42-6)33(45-30)24(3)38)35(4,5)34(39)43-16-17-47(7,8)9/h12-15,18-20,27,32H,10-11,16-17,21-22H2,1-9H3/t27-,32?/m1/s1. The summed E-state index contributed by atoms with van der Waals surface area (Å²) in [5.41, 5.74) is 1.49. The van der Waals surface area contributed by atoms with Crippen LogP contribution in [-0.2, 0) is 26.1 Å². The Morgan fingerprint density at radius 1 is 1.19 bits per heavy atom. The van der Waals surface area contributed by atoms with Crippen LogP contribution in [0, 0.1) is 12.3 Å². The fraction of sp³-hybridized carbons (Fsp3) is 0.514. The highest BCUT2D eigenvalue weighted by Crippen LogP contribution is 2.47. The summed E-state index contributed by atoms with van der Waals surface area (Å²) < 4.78 is 47.1. The third-order valence-corrected chi connectivity index (χ3v) is 13.4. The topological polar surface area (TPSA) is 112 Å². The molecule has 3 heterocycles. The molecule has 1 unspecified atom stereocenters. The number of carbonyl (C=O) groups excluding carboxylic acids is 2. The molecule has 0 aliphatic carbocycles. The van der Waals surface area contributed by atoms with Gasteiger partial charge in [-0.3, -0.25) is 14.6 Å². The van der Waals surface area contributed by atoms with E-state index < -0.39 is 29.4 Å². The van der Waals surface area contributed by atoms with Crippen molar-refractivity contribution in [2.45, 2.75) is 96.6 Å². The van der Waals surface area contributed by atoms with Gasteiger partial charge in [-0.15, -0.1) is 11.3 Å². The van der Waals surface area contributed by atoms with Crippen LogP contribution in [0.3, 0.4) is 0 Å². The van der Waals surface area contributed by atoms with Gasteiger partial charge in [0.2, 0.25) is 10.0 Å². The molecule has 3 aromatic rings. The second-order valence-electron chi connectivity index (χ2n) is 14.0. The SMILES string of the molecule is CCC[C@@H]1CN(Cc2cc(C(c3cc(OC)c(C(C)=O)s3)C(C)(C)C(=O)OCC[Si](C)(C)C)ccc2C)S(=O)(=O)c2cnccc2O1. The fourth-order valence-electron chi connectivity index (χ4n) is 5.81. The predicted octanol–water partition coefficient (Wildman–Crippen LogP) is 7.45. The van der Waals surface area contributed by atoms with Crippen LogP contribution in [0.15, 0.2) is 47.6 Å². The van der Waals surface area contributed by atoms with Gasteiger partial charge in [0, 0.05) is 38.5 Å². The van der Waals surface area contributed by atoms with Gasteiger partial charge < -0.3 is 14.2 Å². The van der Waals surface area contributed by atoms with Crippen molar-refractivity contribution in [2.24, 2.45) is 5.41 Å². The van der Waals surface area contributed by atoms with Crippen LogP contribution >= 0.6 is 11.3 Å². The van der Waals surface area contributed by atoms with Gasteiger partial charge in [0.25, 0.3) is 0 Å². The number of nitrogens with zero attached hydrogens (tertiary/aromatic N) is 2. The lowest BCUT2D eigenvalue weighted by molar-refractivity contribution is -0.154. The molecule has 0 N–H and O–H groups in total. The van der Waals surface area contributed by atoms with Crippen molar-refractivity contribution in [3.63, 3.8) is 0 Å². The lowest BCUT2D eigenvalue weighted by Crippen LogP contribution is -2.37. The Morgan fingerprint density at radius 3 is 2.53 bits per heavy atom. The van der Waals surface area contributed by atoms with E-state index in [0.717, 1.165) is 34.0 Å². The number of ether oxygens (including phenoxy) is 3. The summed E-state index contributed by atoms with van der Waals surface area (Å²) in [4.78, 5) is 31.8. The highest BCUT2D eigenvalue weighted by atomic mass is 32.2. The Hall–Kier alpha value is -3.06. The summed E-state index contributed by atoms with van der Waals surface area (Å²) in [5.74, 6) is -0.188. The minimum Gasteiger partial charge on any atom is -0.495 e. The van der Waals surface area contributed by atoms with Crippen molar-refractivity contribution in [3.8, 4) is 11.5 Å². The molecule has 0 radical (unpaired) electrons. The number of methoxy groups -OCH3 is 1. The third-order valence-electron chi connectivity index (χ3n) is 8.60. The molecule has 4 rings (SSSR count). The van der Waals surface area contributed by atoms with Crippen LogP contribution in [-0.4, -0.2) is 63.9 Å². The second kappa shape index (κ2) is 14.6. The van der Waals surface area contributed by atoms with Gasteiger partial charge in [-0.2, -0.15) is 4.31 Å². The van der Waals surface area contributed by atoms with E-state index in [0.29, 0.717) is 29.4 Å². The van der Waals surface area contributed by atoms with E-state index in [-0.39, 0.29) is 35.8 Å². The van der Waals surface area contributed by atoms with E-state index >= 15 is 0 Å². The molecule has 2 aromatic heterocycles. The average Bonchev–Trinajstić information content (AvgIpc) is 3.38. The first-order chi connectivity index (χ1) is 22.0. The van der Waals surface area contributed by atoms with Gasteiger partial charge >= 0.3 is 5.97 Å². The monoisotopic (exact) mass is 700 g/mol. The summed E-state index contributed by atoms with van der Waals surface area (Å²) in [6.45, 7) is 16.6. The van der Waals surface area contributed by atoms with Gasteiger partial charge in [0.05, 0.1) is 31.9 Å².